The smallest absolute Gasteiger partial charge is 0.258 e. The molecule has 3 heterocycles. The van der Waals surface area contributed by atoms with Crippen LogP contribution in [-0.4, -0.2) is 62.7 Å². The molecule has 0 saturated carbocycles. The van der Waals surface area contributed by atoms with Gasteiger partial charge in [0, 0.05) is 63.5 Å². The van der Waals surface area contributed by atoms with E-state index in [2.05, 4.69) is 39.0 Å². The number of thiazole rings is 1. The third-order valence-electron chi connectivity index (χ3n) is 6.35. The topological polar surface area (TPSA) is 61.2 Å². The van der Waals surface area contributed by atoms with E-state index in [0.29, 0.717) is 26.2 Å². The van der Waals surface area contributed by atoms with Crippen molar-refractivity contribution >= 4 is 22.2 Å². The molecular formula is C27H29N5O2S. The normalized spacial score (nSPS) is 14.9. The van der Waals surface area contributed by atoms with Gasteiger partial charge in [0.2, 0.25) is 5.91 Å². The van der Waals surface area contributed by atoms with Crippen LogP contribution in [0.25, 0.3) is 4.96 Å². The van der Waals surface area contributed by atoms with Crippen LogP contribution in [0.2, 0.25) is 0 Å². The minimum atomic E-state index is -0.0348. The fourth-order valence-corrected chi connectivity index (χ4v) is 5.17. The van der Waals surface area contributed by atoms with Crippen molar-refractivity contribution < 1.29 is 4.79 Å². The molecule has 2 aromatic heterocycles. The fourth-order valence-electron chi connectivity index (χ4n) is 4.43. The standard InChI is InChI=1S/C27H29N5O2S/c33-25-17-24(28-27-32(25)15-16-35-27)20-29-11-13-30(14-12-29)21-26(34)31(18-22-7-3-1-4-8-22)19-23-9-5-2-6-10-23/h1-10,15-17H,11-14,18-21H2. The molecule has 4 aromatic rings. The lowest BCUT2D eigenvalue weighted by atomic mass is 10.1. The fraction of sp³-hybridized carbons (Fsp3) is 0.296. The monoisotopic (exact) mass is 487 g/mol. The molecule has 0 spiro atoms. The molecule has 5 rings (SSSR count). The predicted molar refractivity (Wildman–Crippen MR) is 138 cm³/mol. The molecule has 0 atom stereocenters. The highest BCUT2D eigenvalue weighted by Crippen LogP contribution is 2.13. The highest BCUT2D eigenvalue weighted by atomic mass is 32.1. The lowest BCUT2D eigenvalue weighted by molar-refractivity contribution is -0.134. The quantitative estimate of drug-likeness (QED) is 0.382. The highest BCUT2D eigenvalue weighted by molar-refractivity contribution is 7.15. The summed E-state index contributed by atoms with van der Waals surface area (Å²) in [6.45, 7) is 5.58. The van der Waals surface area contributed by atoms with Crippen LogP contribution in [0.15, 0.2) is 83.1 Å². The SMILES string of the molecule is O=C(CN1CCN(Cc2cc(=O)n3ccsc3n2)CC1)N(Cc1ccccc1)Cc1ccccc1. The first-order chi connectivity index (χ1) is 17.1. The van der Waals surface area contributed by atoms with Crippen LogP contribution in [0.3, 0.4) is 0 Å². The number of nitrogens with zero attached hydrogens (tertiary/aromatic N) is 5. The van der Waals surface area contributed by atoms with Gasteiger partial charge in [0.25, 0.3) is 5.56 Å². The van der Waals surface area contributed by atoms with Crippen molar-refractivity contribution in [2.45, 2.75) is 19.6 Å². The number of carbonyl (C=O) groups is 1. The summed E-state index contributed by atoms with van der Waals surface area (Å²) in [6, 6.07) is 21.9. The van der Waals surface area contributed by atoms with Crippen molar-refractivity contribution in [2.75, 3.05) is 32.7 Å². The largest absolute Gasteiger partial charge is 0.333 e. The van der Waals surface area contributed by atoms with Crippen LogP contribution in [0, 0.1) is 0 Å². The third-order valence-corrected chi connectivity index (χ3v) is 7.11. The van der Waals surface area contributed by atoms with Gasteiger partial charge in [0.05, 0.1) is 12.2 Å². The minimum absolute atomic E-state index is 0.0348. The molecular weight excluding hydrogens is 458 g/mol. The molecule has 1 fully saturated rings. The first kappa shape index (κ1) is 23.4. The number of piperazine rings is 1. The van der Waals surface area contributed by atoms with Gasteiger partial charge in [-0.3, -0.25) is 23.8 Å². The Balaban J connectivity index is 1.18. The van der Waals surface area contributed by atoms with Crippen molar-refractivity contribution in [3.63, 3.8) is 0 Å². The van der Waals surface area contributed by atoms with Gasteiger partial charge in [-0.05, 0) is 11.1 Å². The van der Waals surface area contributed by atoms with E-state index in [1.807, 2.05) is 46.7 Å². The first-order valence-electron chi connectivity index (χ1n) is 11.9. The number of hydrogen-bond acceptors (Lipinski definition) is 6. The van der Waals surface area contributed by atoms with Crippen LogP contribution < -0.4 is 5.56 Å². The Morgan fingerprint density at radius 3 is 2.11 bits per heavy atom. The summed E-state index contributed by atoms with van der Waals surface area (Å²) >= 11 is 1.47. The van der Waals surface area contributed by atoms with Gasteiger partial charge in [-0.15, -0.1) is 11.3 Å². The molecule has 1 aliphatic heterocycles. The van der Waals surface area contributed by atoms with Crippen LogP contribution in [0.5, 0.6) is 0 Å². The first-order valence-corrected chi connectivity index (χ1v) is 12.8. The van der Waals surface area contributed by atoms with Crippen molar-refractivity contribution in [1.29, 1.82) is 0 Å². The van der Waals surface area contributed by atoms with E-state index in [1.165, 1.54) is 11.3 Å². The summed E-state index contributed by atoms with van der Waals surface area (Å²) in [6.07, 6.45) is 1.76. The number of hydrogen-bond donors (Lipinski definition) is 0. The van der Waals surface area contributed by atoms with Gasteiger partial charge < -0.3 is 4.90 Å². The number of amides is 1. The van der Waals surface area contributed by atoms with Crippen molar-refractivity contribution in [3.05, 3.63) is 105 Å². The third kappa shape index (κ3) is 6.03. The second-order valence-corrected chi connectivity index (χ2v) is 9.79. The summed E-state index contributed by atoms with van der Waals surface area (Å²) in [5, 5.41) is 1.88. The Morgan fingerprint density at radius 1 is 0.886 bits per heavy atom. The molecule has 8 heteroatoms. The molecule has 180 valence electrons. The second-order valence-electron chi connectivity index (χ2n) is 8.91. The number of aromatic nitrogens is 2. The summed E-state index contributed by atoms with van der Waals surface area (Å²) in [5.41, 5.74) is 3.03. The van der Waals surface area contributed by atoms with Gasteiger partial charge >= 0.3 is 0 Å². The van der Waals surface area contributed by atoms with E-state index >= 15 is 0 Å². The van der Waals surface area contributed by atoms with Gasteiger partial charge in [0.15, 0.2) is 4.96 Å². The number of rotatable bonds is 8. The molecule has 7 nitrogen and oxygen atoms in total. The van der Waals surface area contributed by atoms with Gasteiger partial charge in [-0.25, -0.2) is 4.98 Å². The zero-order valence-electron chi connectivity index (χ0n) is 19.6. The lowest BCUT2D eigenvalue weighted by Crippen LogP contribution is -2.49. The van der Waals surface area contributed by atoms with Crippen molar-refractivity contribution in [3.8, 4) is 0 Å². The Labute approximate surface area is 208 Å². The van der Waals surface area contributed by atoms with Crippen molar-refractivity contribution in [1.82, 2.24) is 24.1 Å². The molecule has 2 aromatic carbocycles. The van der Waals surface area contributed by atoms with Crippen molar-refractivity contribution in [2.24, 2.45) is 0 Å². The van der Waals surface area contributed by atoms with E-state index in [0.717, 1.165) is 48.0 Å². The Bertz CT molecular complexity index is 1270. The summed E-state index contributed by atoms with van der Waals surface area (Å²) < 4.78 is 1.58. The summed E-state index contributed by atoms with van der Waals surface area (Å²) in [4.78, 5) is 37.5. The maximum absolute atomic E-state index is 13.4. The molecule has 0 aliphatic carbocycles. The molecule has 1 amide bonds. The molecule has 35 heavy (non-hydrogen) atoms. The van der Waals surface area contributed by atoms with Gasteiger partial charge in [-0.2, -0.15) is 0 Å². The van der Waals surface area contributed by atoms with Crippen LogP contribution in [0.4, 0.5) is 0 Å². The lowest BCUT2D eigenvalue weighted by Gasteiger charge is -2.35. The molecule has 0 bridgehead atoms. The van der Waals surface area contributed by atoms with Gasteiger partial charge in [-0.1, -0.05) is 60.7 Å². The van der Waals surface area contributed by atoms with E-state index in [9.17, 15) is 9.59 Å². The number of benzene rings is 2. The maximum Gasteiger partial charge on any atom is 0.258 e. The Morgan fingerprint density at radius 2 is 1.49 bits per heavy atom. The number of fused-ring (bicyclic) bond motifs is 1. The molecule has 1 aliphatic rings. The molecule has 1 saturated heterocycles. The zero-order valence-corrected chi connectivity index (χ0v) is 20.4. The Hall–Kier alpha value is -3.33. The van der Waals surface area contributed by atoms with Crippen LogP contribution in [-0.2, 0) is 24.4 Å². The van der Waals surface area contributed by atoms with Gasteiger partial charge in [0.1, 0.15) is 0 Å². The molecule has 0 unspecified atom stereocenters. The number of carbonyl (C=O) groups excluding carboxylic acids is 1. The van der Waals surface area contributed by atoms with E-state index in [-0.39, 0.29) is 11.5 Å². The minimum Gasteiger partial charge on any atom is -0.333 e. The van der Waals surface area contributed by atoms with E-state index in [4.69, 9.17) is 0 Å². The van der Waals surface area contributed by atoms with Crippen LogP contribution in [0.1, 0.15) is 16.8 Å². The second kappa shape index (κ2) is 10.9. The maximum atomic E-state index is 13.4. The average Bonchev–Trinajstić information content (AvgIpc) is 3.35. The van der Waals surface area contributed by atoms with Crippen LogP contribution >= 0.6 is 11.3 Å². The average molecular weight is 488 g/mol. The van der Waals surface area contributed by atoms with E-state index in [1.54, 1.807) is 16.7 Å². The molecule has 0 N–H and O–H groups in total. The van der Waals surface area contributed by atoms with E-state index < -0.39 is 0 Å². The molecule has 0 radical (unpaired) electrons. The highest BCUT2D eigenvalue weighted by Gasteiger charge is 2.23. The summed E-state index contributed by atoms with van der Waals surface area (Å²) in [5.74, 6) is 0.143. The Kier molecular flexibility index (Phi) is 7.32. The summed E-state index contributed by atoms with van der Waals surface area (Å²) in [7, 11) is 0. The zero-order chi connectivity index (χ0) is 24.0. The predicted octanol–water partition coefficient (Wildman–Crippen LogP) is 3.10.